The fourth-order valence-corrected chi connectivity index (χ4v) is 4.25. The quantitative estimate of drug-likeness (QED) is 0.603. The van der Waals surface area contributed by atoms with Crippen molar-refractivity contribution in [2.45, 2.75) is 32.2 Å². The lowest BCUT2D eigenvalue weighted by Crippen LogP contribution is -2.31. The van der Waals surface area contributed by atoms with E-state index in [4.69, 9.17) is 0 Å². The van der Waals surface area contributed by atoms with Crippen LogP contribution in [0, 0.1) is 0 Å². The van der Waals surface area contributed by atoms with Gasteiger partial charge >= 0.3 is 0 Å². The van der Waals surface area contributed by atoms with Crippen LogP contribution in [0.2, 0.25) is 0 Å². The fourth-order valence-electron chi connectivity index (χ4n) is 2.40. The summed E-state index contributed by atoms with van der Waals surface area (Å²) in [6, 6.07) is 14.7. The smallest absolute Gasteiger partial charge is 0.244 e. The molecule has 2 aromatic carbocycles. The lowest BCUT2D eigenvalue weighted by atomic mass is 10.1. The predicted octanol–water partition coefficient (Wildman–Crippen LogP) is 3.61. The van der Waals surface area contributed by atoms with E-state index in [9.17, 15) is 13.2 Å². The molecule has 0 aromatic heterocycles. The Balaban J connectivity index is 1.88. The highest BCUT2D eigenvalue weighted by atomic mass is 79.9. The van der Waals surface area contributed by atoms with Crippen LogP contribution in [-0.4, -0.2) is 20.4 Å². The van der Waals surface area contributed by atoms with Crippen LogP contribution in [0.3, 0.4) is 0 Å². The zero-order valence-electron chi connectivity index (χ0n) is 15.3. The third kappa shape index (κ3) is 7.66. The van der Waals surface area contributed by atoms with Crippen molar-refractivity contribution in [3.05, 3.63) is 75.8 Å². The van der Waals surface area contributed by atoms with Crippen molar-refractivity contribution in [1.29, 1.82) is 0 Å². The molecule has 0 aliphatic heterocycles. The molecule has 27 heavy (non-hydrogen) atoms. The second-order valence-electron chi connectivity index (χ2n) is 6.42. The predicted molar refractivity (Wildman–Crippen MR) is 112 cm³/mol. The normalized spacial score (nSPS) is 11.9. The van der Waals surface area contributed by atoms with Gasteiger partial charge in [-0.2, -0.15) is 0 Å². The number of nitrogens with one attached hydrogen (secondary N) is 2. The van der Waals surface area contributed by atoms with E-state index in [2.05, 4.69) is 26.0 Å². The molecule has 144 valence electrons. The Morgan fingerprint density at radius 2 is 1.70 bits per heavy atom. The number of amides is 1. The van der Waals surface area contributed by atoms with Gasteiger partial charge in [0.1, 0.15) is 0 Å². The summed E-state index contributed by atoms with van der Waals surface area (Å²) in [5.41, 5.74) is 2.52. The summed E-state index contributed by atoms with van der Waals surface area (Å²) in [4.78, 5) is 12.0. The molecule has 0 bridgehead atoms. The van der Waals surface area contributed by atoms with E-state index in [0.29, 0.717) is 12.1 Å². The molecule has 1 amide bonds. The summed E-state index contributed by atoms with van der Waals surface area (Å²) in [5, 5.41) is 2.81. The van der Waals surface area contributed by atoms with Gasteiger partial charge in [0, 0.05) is 23.1 Å². The van der Waals surface area contributed by atoms with Crippen molar-refractivity contribution in [3.8, 4) is 0 Å². The van der Waals surface area contributed by atoms with Crippen LogP contribution < -0.4 is 10.0 Å². The molecule has 0 radical (unpaired) electrons. The first kappa shape index (κ1) is 21.3. The third-order valence-electron chi connectivity index (χ3n) is 3.58. The Bertz CT molecular complexity index is 907. The summed E-state index contributed by atoms with van der Waals surface area (Å²) in [5.74, 6) is -0.259. The van der Waals surface area contributed by atoms with E-state index in [1.165, 1.54) is 6.08 Å². The standard InChI is InChI=1S/C20H23BrN2O3S/c1-15(2)23-27(25,26)14-17-9-7-16(8-10-17)13-22-20(24)12-11-18-5-3-4-6-19(18)21/h3-12,15,23H,13-14H2,1-2H3,(H,22,24)/b12-11+. The van der Waals surface area contributed by atoms with Gasteiger partial charge in [0.25, 0.3) is 0 Å². The molecular formula is C20H23BrN2O3S. The van der Waals surface area contributed by atoms with Crippen LogP contribution in [0.25, 0.3) is 6.08 Å². The van der Waals surface area contributed by atoms with Gasteiger partial charge in [-0.1, -0.05) is 58.4 Å². The van der Waals surface area contributed by atoms with E-state index < -0.39 is 10.0 Å². The Hall–Kier alpha value is -1.96. The SMILES string of the molecule is CC(C)NS(=O)(=O)Cc1ccc(CNC(=O)/C=C/c2ccccc2Br)cc1. The number of hydrogen-bond donors (Lipinski definition) is 2. The van der Waals surface area contributed by atoms with Crippen molar-refractivity contribution >= 4 is 37.9 Å². The molecule has 0 heterocycles. The lowest BCUT2D eigenvalue weighted by Gasteiger charge is -2.10. The maximum Gasteiger partial charge on any atom is 0.244 e. The van der Waals surface area contributed by atoms with Crippen molar-refractivity contribution in [2.75, 3.05) is 0 Å². The van der Waals surface area contributed by atoms with Crippen LogP contribution >= 0.6 is 15.9 Å². The number of halogens is 1. The molecule has 0 aliphatic rings. The van der Waals surface area contributed by atoms with Gasteiger partial charge in [-0.05, 0) is 42.7 Å². The number of hydrogen-bond acceptors (Lipinski definition) is 3. The highest BCUT2D eigenvalue weighted by molar-refractivity contribution is 9.10. The van der Waals surface area contributed by atoms with Crippen molar-refractivity contribution < 1.29 is 13.2 Å². The molecule has 0 saturated carbocycles. The van der Waals surface area contributed by atoms with E-state index in [0.717, 1.165) is 15.6 Å². The first-order valence-electron chi connectivity index (χ1n) is 8.53. The molecule has 0 unspecified atom stereocenters. The Morgan fingerprint density at radius 3 is 2.33 bits per heavy atom. The molecular weight excluding hydrogens is 428 g/mol. The van der Waals surface area contributed by atoms with Crippen LogP contribution in [0.5, 0.6) is 0 Å². The minimum absolute atomic E-state index is 0.0630. The first-order chi connectivity index (χ1) is 12.7. The van der Waals surface area contributed by atoms with Crippen molar-refractivity contribution in [1.82, 2.24) is 10.0 Å². The largest absolute Gasteiger partial charge is 0.348 e. The maximum absolute atomic E-state index is 12.0. The zero-order valence-corrected chi connectivity index (χ0v) is 17.7. The number of rotatable bonds is 8. The molecule has 2 N–H and O–H groups in total. The Morgan fingerprint density at radius 1 is 1.07 bits per heavy atom. The van der Waals surface area contributed by atoms with Gasteiger partial charge in [0.15, 0.2) is 0 Å². The van der Waals surface area contributed by atoms with Crippen molar-refractivity contribution in [3.63, 3.8) is 0 Å². The summed E-state index contributed by atoms with van der Waals surface area (Å²) in [6.45, 7) is 3.94. The summed E-state index contributed by atoms with van der Waals surface area (Å²) in [7, 11) is -3.34. The molecule has 0 saturated heterocycles. The van der Waals surface area contributed by atoms with Crippen molar-refractivity contribution in [2.24, 2.45) is 0 Å². The van der Waals surface area contributed by atoms with Gasteiger partial charge in [0.2, 0.25) is 15.9 Å². The summed E-state index contributed by atoms with van der Waals surface area (Å²) >= 11 is 3.43. The Kier molecular flexibility index (Phi) is 7.77. The fraction of sp³-hybridized carbons (Fsp3) is 0.250. The van der Waals surface area contributed by atoms with E-state index >= 15 is 0 Å². The molecule has 0 aliphatic carbocycles. The second kappa shape index (κ2) is 9.82. The number of carbonyl (C=O) groups excluding carboxylic acids is 1. The van der Waals surface area contributed by atoms with Gasteiger partial charge in [0.05, 0.1) is 5.75 Å². The van der Waals surface area contributed by atoms with Crippen LogP contribution in [0.1, 0.15) is 30.5 Å². The minimum Gasteiger partial charge on any atom is -0.348 e. The van der Waals surface area contributed by atoms with E-state index in [-0.39, 0.29) is 17.7 Å². The molecule has 0 spiro atoms. The second-order valence-corrected chi connectivity index (χ2v) is 9.03. The molecule has 0 fully saturated rings. The van der Waals surface area contributed by atoms with Gasteiger partial charge in [-0.15, -0.1) is 0 Å². The highest BCUT2D eigenvalue weighted by Crippen LogP contribution is 2.17. The van der Waals surface area contributed by atoms with E-state index in [1.54, 1.807) is 32.1 Å². The molecule has 2 rings (SSSR count). The lowest BCUT2D eigenvalue weighted by molar-refractivity contribution is -0.116. The summed E-state index contributed by atoms with van der Waals surface area (Å²) < 4.78 is 27.4. The topological polar surface area (TPSA) is 75.3 Å². The molecule has 0 atom stereocenters. The van der Waals surface area contributed by atoms with Crippen LogP contribution in [0.4, 0.5) is 0 Å². The van der Waals surface area contributed by atoms with E-state index in [1.807, 2.05) is 36.4 Å². The van der Waals surface area contributed by atoms with Crippen LogP contribution in [0.15, 0.2) is 59.1 Å². The van der Waals surface area contributed by atoms with Gasteiger partial charge in [-0.3, -0.25) is 4.79 Å². The van der Waals surface area contributed by atoms with Gasteiger partial charge in [-0.25, -0.2) is 13.1 Å². The first-order valence-corrected chi connectivity index (χ1v) is 11.0. The average molecular weight is 451 g/mol. The Labute approximate surface area is 169 Å². The number of sulfonamides is 1. The molecule has 5 nitrogen and oxygen atoms in total. The van der Waals surface area contributed by atoms with Gasteiger partial charge < -0.3 is 5.32 Å². The summed E-state index contributed by atoms with van der Waals surface area (Å²) in [6.07, 6.45) is 3.23. The molecule has 7 heteroatoms. The molecule has 2 aromatic rings. The third-order valence-corrected chi connectivity index (χ3v) is 5.85. The monoisotopic (exact) mass is 450 g/mol. The zero-order chi connectivity index (χ0) is 19.9. The highest BCUT2D eigenvalue weighted by Gasteiger charge is 2.12. The van der Waals surface area contributed by atoms with Crippen LogP contribution in [-0.2, 0) is 27.1 Å². The average Bonchev–Trinajstić information content (AvgIpc) is 2.59. The number of carbonyl (C=O) groups is 1. The maximum atomic E-state index is 12.0. The number of benzene rings is 2. The minimum atomic E-state index is -3.34.